The number of nitrogens with zero attached hydrogens (tertiary/aromatic N) is 3. The van der Waals surface area contributed by atoms with Gasteiger partial charge in [-0.2, -0.15) is 13.2 Å². The van der Waals surface area contributed by atoms with E-state index < -0.39 is 28.9 Å². The van der Waals surface area contributed by atoms with E-state index in [1.165, 1.54) is 25.4 Å². The van der Waals surface area contributed by atoms with E-state index >= 15 is 0 Å². The van der Waals surface area contributed by atoms with Crippen LogP contribution in [-0.2, 0) is 12.6 Å². The predicted molar refractivity (Wildman–Crippen MR) is 84.4 cm³/mol. The second-order valence-corrected chi connectivity index (χ2v) is 5.73. The number of nitrogens with one attached hydrogen (secondary N) is 1. The van der Waals surface area contributed by atoms with Crippen LogP contribution < -0.4 is 5.32 Å². The highest BCUT2D eigenvalue weighted by Crippen LogP contribution is 2.40. The molecule has 0 amide bonds. The Morgan fingerprint density at radius 3 is 2.60 bits per heavy atom. The third kappa shape index (κ3) is 3.85. The fourth-order valence-corrected chi connectivity index (χ4v) is 2.53. The van der Waals surface area contributed by atoms with Crippen molar-refractivity contribution in [3.63, 3.8) is 0 Å². The smallest absolute Gasteiger partial charge is 0.384 e. The fraction of sp³-hybridized carbons (Fsp3) is 0.357. The Kier molecular flexibility index (Phi) is 5.23. The second kappa shape index (κ2) is 6.89. The number of halogens is 4. The van der Waals surface area contributed by atoms with Gasteiger partial charge in [0.25, 0.3) is 5.69 Å². The number of nitro groups is 1. The van der Waals surface area contributed by atoms with Crippen LogP contribution in [0.25, 0.3) is 0 Å². The van der Waals surface area contributed by atoms with Crippen molar-refractivity contribution in [2.45, 2.75) is 18.2 Å². The number of anilines is 1. The molecule has 7 nitrogen and oxygen atoms in total. The molecule has 1 aromatic carbocycles. The lowest BCUT2D eigenvalue weighted by Gasteiger charge is -2.30. The molecule has 0 bridgehead atoms. The summed E-state index contributed by atoms with van der Waals surface area (Å²) in [6.45, 7) is -0.291. The van der Waals surface area contributed by atoms with Gasteiger partial charge in [-0.15, -0.1) is 0 Å². The number of non-ortho nitro benzene ring substituents is 1. The highest BCUT2D eigenvalue weighted by atomic mass is 35.5. The first-order valence-corrected chi connectivity index (χ1v) is 7.39. The standard InChI is InChI=1S/C14H14ClF3N4O3/c1-21-7-6-20-12(21)13(23,14(16,17)18)4-5-19-11-3-2-9(22(24)25)8-10(11)15/h2-3,6-8,19,23H,4-5H2,1H3. The molecule has 0 saturated carbocycles. The molecule has 1 heterocycles. The molecule has 2 rings (SSSR count). The molecule has 0 fully saturated rings. The van der Waals surface area contributed by atoms with Crippen molar-refractivity contribution in [1.29, 1.82) is 0 Å². The molecule has 136 valence electrons. The lowest BCUT2D eigenvalue weighted by molar-refractivity contribution is -0.384. The van der Waals surface area contributed by atoms with Crippen LogP contribution in [-0.4, -0.2) is 32.3 Å². The van der Waals surface area contributed by atoms with Crippen LogP contribution in [0.5, 0.6) is 0 Å². The molecule has 2 aromatic rings. The summed E-state index contributed by atoms with van der Waals surface area (Å²) in [4.78, 5) is 13.6. The summed E-state index contributed by atoms with van der Waals surface area (Å²) in [7, 11) is 1.35. The fourth-order valence-electron chi connectivity index (χ4n) is 2.28. The van der Waals surface area contributed by atoms with Gasteiger partial charge in [0.2, 0.25) is 5.60 Å². The molecule has 2 N–H and O–H groups in total. The lowest BCUT2D eigenvalue weighted by atomic mass is 9.97. The Morgan fingerprint density at radius 1 is 1.44 bits per heavy atom. The number of benzene rings is 1. The van der Waals surface area contributed by atoms with Crippen molar-refractivity contribution in [3.05, 3.63) is 51.6 Å². The zero-order valence-electron chi connectivity index (χ0n) is 12.9. The molecule has 1 unspecified atom stereocenters. The topological polar surface area (TPSA) is 93.2 Å². The van der Waals surface area contributed by atoms with Gasteiger partial charge in [0.05, 0.1) is 15.6 Å². The average molecular weight is 379 g/mol. The number of aryl methyl sites for hydroxylation is 1. The largest absolute Gasteiger partial charge is 0.424 e. The second-order valence-electron chi connectivity index (χ2n) is 5.32. The summed E-state index contributed by atoms with van der Waals surface area (Å²) in [6, 6.07) is 3.54. The predicted octanol–water partition coefficient (Wildman–Crippen LogP) is 3.23. The maximum atomic E-state index is 13.4. The average Bonchev–Trinajstić information content (AvgIpc) is 2.94. The van der Waals surface area contributed by atoms with Crippen molar-refractivity contribution in [2.24, 2.45) is 7.05 Å². The molecule has 25 heavy (non-hydrogen) atoms. The lowest BCUT2D eigenvalue weighted by Crippen LogP contribution is -2.45. The molecule has 0 saturated heterocycles. The molecule has 1 atom stereocenters. The molecule has 0 aliphatic rings. The monoisotopic (exact) mass is 378 g/mol. The summed E-state index contributed by atoms with van der Waals surface area (Å²) in [5.74, 6) is -0.531. The summed E-state index contributed by atoms with van der Waals surface area (Å²) in [6.07, 6.45) is -3.21. The van der Waals surface area contributed by atoms with Crippen LogP contribution in [0.1, 0.15) is 12.2 Å². The van der Waals surface area contributed by atoms with E-state index in [1.807, 2.05) is 0 Å². The molecule has 1 aromatic heterocycles. The minimum Gasteiger partial charge on any atom is -0.384 e. The van der Waals surface area contributed by atoms with E-state index in [2.05, 4.69) is 10.3 Å². The highest BCUT2D eigenvalue weighted by molar-refractivity contribution is 6.33. The summed E-state index contributed by atoms with van der Waals surface area (Å²) in [5.41, 5.74) is -3.17. The maximum absolute atomic E-state index is 13.4. The Hall–Kier alpha value is -2.33. The van der Waals surface area contributed by atoms with Gasteiger partial charge in [-0.25, -0.2) is 4.98 Å². The maximum Gasteiger partial charge on any atom is 0.424 e. The quantitative estimate of drug-likeness (QED) is 0.594. The van der Waals surface area contributed by atoms with Crippen LogP contribution in [0.3, 0.4) is 0 Å². The van der Waals surface area contributed by atoms with Gasteiger partial charge < -0.3 is 15.0 Å². The van der Waals surface area contributed by atoms with Crippen molar-refractivity contribution < 1.29 is 23.2 Å². The van der Waals surface area contributed by atoms with Gasteiger partial charge in [0.15, 0.2) is 0 Å². The number of hydrogen-bond acceptors (Lipinski definition) is 5. The number of aromatic nitrogens is 2. The summed E-state index contributed by atoms with van der Waals surface area (Å²) >= 11 is 5.87. The molecule has 0 aliphatic carbocycles. The van der Waals surface area contributed by atoms with Crippen LogP contribution >= 0.6 is 11.6 Å². The van der Waals surface area contributed by atoms with E-state index in [-0.39, 0.29) is 22.9 Å². The normalized spacial score (nSPS) is 14.2. The van der Waals surface area contributed by atoms with E-state index in [0.29, 0.717) is 0 Å². The molecule has 0 spiro atoms. The van der Waals surface area contributed by atoms with Crippen LogP contribution in [0, 0.1) is 10.1 Å². The Morgan fingerprint density at radius 2 is 2.12 bits per heavy atom. The minimum absolute atomic E-state index is 0.0123. The highest BCUT2D eigenvalue weighted by Gasteiger charge is 2.57. The SMILES string of the molecule is Cn1ccnc1C(O)(CCNc1ccc([N+](=O)[O-])cc1Cl)C(F)(F)F. The van der Waals surface area contributed by atoms with Gasteiger partial charge in [0, 0.05) is 44.5 Å². The van der Waals surface area contributed by atoms with Gasteiger partial charge in [-0.1, -0.05) is 11.6 Å². The van der Waals surface area contributed by atoms with Gasteiger partial charge >= 0.3 is 6.18 Å². The Balaban J connectivity index is 2.15. The first-order chi connectivity index (χ1) is 11.6. The van der Waals surface area contributed by atoms with E-state index in [0.717, 1.165) is 16.8 Å². The van der Waals surface area contributed by atoms with E-state index in [4.69, 9.17) is 11.6 Å². The van der Waals surface area contributed by atoms with Crippen LogP contribution in [0.4, 0.5) is 24.5 Å². The van der Waals surface area contributed by atoms with E-state index in [1.54, 1.807) is 0 Å². The molecular formula is C14H14ClF3N4O3. The zero-order valence-corrected chi connectivity index (χ0v) is 13.7. The van der Waals surface area contributed by atoms with Crippen LogP contribution in [0.15, 0.2) is 30.6 Å². The number of aliphatic hydroxyl groups is 1. The third-order valence-corrected chi connectivity index (χ3v) is 3.94. The van der Waals surface area contributed by atoms with Crippen molar-refractivity contribution >= 4 is 23.0 Å². The van der Waals surface area contributed by atoms with Gasteiger partial charge in [0.1, 0.15) is 5.82 Å². The summed E-state index contributed by atoms with van der Waals surface area (Å²) in [5, 5.41) is 23.4. The Labute approximate surface area is 145 Å². The number of imidazole rings is 1. The first-order valence-electron chi connectivity index (χ1n) is 7.01. The molecule has 11 heteroatoms. The number of rotatable bonds is 6. The van der Waals surface area contributed by atoms with Crippen molar-refractivity contribution in [1.82, 2.24) is 9.55 Å². The number of nitro benzene ring substituents is 1. The van der Waals surface area contributed by atoms with Gasteiger partial charge in [-0.05, 0) is 6.07 Å². The molecular weight excluding hydrogens is 365 g/mol. The van der Waals surface area contributed by atoms with Crippen LogP contribution in [0.2, 0.25) is 5.02 Å². The first kappa shape index (κ1) is 19.0. The molecule has 0 aliphatic heterocycles. The summed E-state index contributed by atoms with van der Waals surface area (Å²) < 4.78 is 41.2. The molecule has 0 radical (unpaired) electrons. The third-order valence-electron chi connectivity index (χ3n) is 3.63. The van der Waals surface area contributed by atoms with Crippen molar-refractivity contribution in [2.75, 3.05) is 11.9 Å². The zero-order chi connectivity index (χ0) is 18.8. The Bertz CT molecular complexity index is 781. The number of alkyl halides is 3. The van der Waals surface area contributed by atoms with Gasteiger partial charge in [-0.3, -0.25) is 10.1 Å². The number of hydrogen-bond donors (Lipinski definition) is 2. The van der Waals surface area contributed by atoms with Crippen molar-refractivity contribution in [3.8, 4) is 0 Å². The van der Waals surface area contributed by atoms with E-state index in [9.17, 15) is 28.4 Å². The minimum atomic E-state index is -4.94.